The molecule has 0 aliphatic heterocycles. The molecule has 0 saturated carbocycles. The van der Waals surface area contributed by atoms with Crippen molar-refractivity contribution in [3.8, 4) is 22.4 Å². The summed E-state index contributed by atoms with van der Waals surface area (Å²) in [5, 5.41) is 4.65. The first-order valence-corrected chi connectivity index (χ1v) is 11.5. The van der Waals surface area contributed by atoms with Crippen molar-refractivity contribution >= 4 is 9.84 Å². The molecule has 0 radical (unpaired) electrons. The number of aromatic nitrogens is 3. The standard InChI is InChI=1S/C24H21F2N3O2S/c1-4-29-14-19(17-9-11-27-12-10-17)23(28-29)22-15(2)5-6-16(3)24(22)32(30,31)21-13-18(25)7-8-20(21)26/h5-14H,4H2,1-3H3. The summed E-state index contributed by atoms with van der Waals surface area (Å²) in [4.78, 5) is 3.26. The number of benzene rings is 2. The second-order valence-electron chi connectivity index (χ2n) is 7.46. The molecule has 0 N–H and O–H groups in total. The fraction of sp³-hybridized carbons (Fsp3) is 0.167. The maximum Gasteiger partial charge on any atom is 0.210 e. The summed E-state index contributed by atoms with van der Waals surface area (Å²) in [5.74, 6) is -1.84. The summed E-state index contributed by atoms with van der Waals surface area (Å²) in [6.45, 7) is 5.91. The van der Waals surface area contributed by atoms with Crippen LogP contribution >= 0.6 is 0 Å². The molecule has 0 fully saturated rings. The minimum absolute atomic E-state index is 0.0846. The molecule has 4 rings (SSSR count). The highest BCUT2D eigenvalue weighted by Crippen LogP contribution is 2.40. The fourth-order valence-electron chi connectivity index (χ4n) is 3.73. The molecule has 0 atom stereocenters. The van der Waals surface area contributed by atoms with Gasteiger partial charge in [-0.25, -0.2) is 17.2 Å². The summed E-state index contributed by atoms with van der Waals surface area (Å²) in [6.07, 6.45) is 5.13. The molecular formula is C24H21F2N3O2S. The van der Waals surface area contributed by atoms with E-state index in [1.807, 2.05) is 25.3 Å². The Kier molecular flexibility index (Phi) is 5.64. The monoisotopic (exact) mass is 453 g/mol. The topological polar surface area (TPSA) is 64.8 Å². The van der Waals surface area contributed by atoms with E-state index in [2.05, 4.69) is 10.1 Å². The molecular weight excluding hydrogens is 432 g/mol. The highest BCUT2D eigenvalue weighted by molar-refractivity contribution is 7.91. The lowest BCUT2D eigenvalue weighted by atomic mass is 9.97. The second kappa shape index (κ2) is 8.27. The van der Waals surface area contributed by atoms with Crippen LogP contribution in [0.1, 0.15) is 18.1 Å². The van der Waals surface area contributed by atoms with E-state index < -0.39 is 26.4 Å². The van der Waals surface area contributed by atoms with Crippen molar-refractivity contribution in [2.75, 3.05) is 0 Å². The number of sulfone groups is 1. The smallest absolute Gasteiger partial charge is 0.210 e. The number of hydrogen-bond acceptors (Lipinski definition) is 4. The SMILES string of the molecule is CCn1cc(-c2ccncc2)c(-c2c(C)ccc(C)c2S(=O)(=O)c2cc(F)ccc2F)n1. The van der Waals surface area contributed by atoms with Crippen molar-refractivity contribution in [1.29, 1.82) is 0 Å². The molecule has 2 aromatic heterocycles. The quantitative estimate of drug-likeness (QED) is 0.408. The van der Waals surface area contributed by atoms with E-state index in [1.54, 1.807) is 43.1 Å². The molecule has 8 heteroatoms. The van der Waals surface area contributed by atoms with Crippen LogP contribution in [-0.4, -0.2) is 23.2 Å². The Morgan fingerprint density at radius 1 is 0.969 bits per heavy atom. The van der Waals surface area contributed by atoms with Crippen LogP contribution in [0.3, 0.4) is 0 Å². The van der Waals surface area contributed by atoms with Gasteiger partial charge in [-0.3, -0.25) is 9.67 Å². The first-order chi connectivity index (χ1) is 15.2. The molecule has 164 valence electrons. The van der Waals surface area contributed by atoms with E-state index in [4.69, 9.17) is 0 Å². The lowest BCUT2D eigenvalue weighted by molar-refractivity contribution is 0.553. The van der Waals surface area contributed by atoms with Crippen LogP contribution in [-0.2, 0) is 16.4 Å². The van der Waals surface area contributed by atoms with E-state index >= 15 is 0 Å². The molecule has 0 saturated heterocycles. The Hall–Kier alpha value is -3.39. The zero-order valence-corrected chi connectivity index (χ0v) is 18.6. The van der Waals surface area contributed by atoms with Crippen LogP contribution < -0.4 is 0 Å². The molecule has 2 aromatic carbocycles. The maximum absolute atomic E-state index is 14.5. The first kappa shape index (κ1) is 21.8. The highest BCUT2D eigenvalue weighted by Gasteiger charge is 2.30. The van der Waals surface area contributed by atoms with E-state index in [-0.39, 0.29) is 4.90 Å². The van der Waals surface area contributed by atoms with Crippen molar-refractivity contribution in [3.63, 3.8) is 0 Å². The van der Waals surface area contributed by atoms with Crippen LogP contribution in [0.15, 0.2) is 70.8 Å². The van der Waals surface area contributed by atoms with Crippen LogP contribution in [0.25, 0.3) is 22.4 Å². The number of aryl methyl sites for hydroxylation is 3. The Balaban J connectivity index is 2.07. The van der Waals surface area contributed by atoms with E-state index in [0.29, 0.717) is 35.0 Å². The Labute approximate surface area is 185 Å². The van der Waals surface area contributed by atoms with Gasteiger partial charge in [-0.15, -0.1) is 0 Å². The number of hydrogen-bond donors (Lipinski definition) is 0. The van der Waals surface area contributed by atoms with Gasteiger partial charge in [-0.05, 0) is 67.8 Å². The minimum Gasteiger partial charge on any atom is -0.272 e. The maximum atomic E-state index is 14.5. The van der Waals surface area contributed by atoms with Gasteiger partial charge in [0.15, 0.2) is 0 Å². The lowest BCUT2D eigenvalue weighted by Gasteiger charge is -2.16. The molecule has 0 bridgehead atoms. The van der Waals surface area contributed by atoms with Gasteiger partial charge in [0.25, 0.3) is 0 Å². The Bertz CT molecular complexity index is 1410. The Morgan fingerprint density at radius 3 is 2.34 bits per heavy atom. The molecule has 32 heavy (non-hydrogen) atoms. The number of halogens is 2. The molecule has 0 unspecified atom stereocenters. The largest absolute Gasteiger partial charge is 0.272 e. The average molecular weight is 454 g/mol. The molecule has 0 aliphatic carbocycles. The zero-order chi connectivity index (χ0) is 23.0. The van der Waals surface area contributed by atoms with Crippen LogP contribution in [0.4, 0.5) is 8.78 Å². The molecule has 5 nitrogen and oxygen atoms in total. The molecule has 0 aliphatic rings. The highest BCUT2D eigenvalue weighted by atomic mass is 32.2. The molecule has 0 amide bonds. The van der Waals surface area contributed by atoms with Crippen LogP contribution in [0.2, 0.25) is 0 Å². The number of nitrogens with zero attached hydrogens (tertiary/aromatic N) is 3. The van der Waals surface area contributed by atoms with Crippen LogP contribution in [0, 0.1) is 25.5 Å². The van der Waals surface area contributed by atoms with E-state index in [0.717, 1.165) is 23.3 Å². The van der Waals surface area contributed by atoms with Crippen molar-refractivity contribution in [2.24, 2.45) is 0 Å². The molecule has 0 spiro atoms. The van der Waals surface area contributed by atoms with Crippen molar-refractivity contribution in [2.45, 2.75) is 37.1 Å². The van der Waals surface area contributed by atoms with Gasteiger partial charge >= 0.3 is 0 Å². The third-order valence-corrected chi connectivity index (χ3v) is 7.28. The van der Waals surface area contributed by atoms with Gasteiger partial charge in [-0.2, -0.15) is 5.10 Å². The van der Waals surface area contributed by atoms with E-state index in [9.17, 15) is 17.2 Å². The van der Waals surface area contributed by atoms with Gasteiger partial charge < -0.3 is 0 Å². The third kappa shape index (κ3) is 3.71. The van der Waals surface area contributed by atoms with E-state index in [1.165, 1.54) is 0 Å². The molecule has 4 aromatic rings. The van der Waals surface area contributed by atoms with Crippen molar-refractivity contribution in [1.82, 2.24) is 14.8 Å². The Morgan fingerprint density at radius 2 is 1.66 bits per heavy atom. The normalized spacial score (nSPS) is 11.7. The summed E-state index contributed by atoms with van der Waals surface area (Å²) in [7, 11) is -4.40. The minimum atomic E-state index is -4.40. The van der Waals surface area contributed by atoms with Gasteiger partial charge in [0, 0.05) is 36.3 Å². The second-order valence-corrected chi connectivity index (χ2v) is 9.32. The summed E-state index contributed by atoms with van der Waals surface area (Å²) in [6, 6.07) is 9.51. The van der Waals surface area contributed by atoms with Crippen molar-refractivity contribution < 1.29 is 17.2 Å². The predicted octanol–water partition coefficient (Wildman–Crippen LogP) is 5.36. The first-order valence-electron chi connectivity index (χ1n) is 10.0. The number of rotatable bonds is 5. The van der Waals surface area contributed by atoms with Gasteiger partial charge in [0.2, 0.25) is 9.84 Å². The zero-order valence-electron chi connectivity index (χ0n) is 17.8. The van der Waals surface area contributed by atoms with Gasteiger partial charge in [-0.1, -0.05) is 12.1 Å². The lowest BCUT2D eigenvalue weighted by Crippen LogP contribution is -2.10. The third-order valence-electron chi connectivity index (χ3n) is 5.33. The average Bonchev–Trinajstić information content (AvgIpc) is 3.21. The van der Waals surface area contributed by atoms with Gasteiger partial charge in [0.05, 0.1) is 4.90 Å². The van der Waals surface area contributed by atoms with Crippen molar-refractivity contribution in [3.05, 3.63) is 83.8 Å². The predicted molar refractivity (Wildman–Crippen MR) is 118 cm³/mol. The summed E-state index contributed by atoms with van der Waals surface area (Å²) >= 11 is 0. The molecule has 2 heterocycles. The summed E-state index contributed by atoms with van der Waals surface area (Å²) in [5.41, 5.74) is 3.43. The number of pyridine rings is 1. The summed E-state index contributed by atoms with van der Waals surface area (Å²) < 4.78 is 57.4. The van der Waals surface area contributed by atoms with Crippen LogP contribution in [0.5, 0.6) is 0 Å². The van der Waals surface area contributed by atoms with Gasteiger partial charge in [0.1, 0.15) is 22.2 Å². The fourth-order valence-corrected chi connectivity index (χ4v) is 5.56.